The summed E-state index contributed by atoms with van der Waals surface area (Å²) in [5.41, 5.74) is -1.05. The predicted octanol–water partition coefficient (Wildman–Crippen LogP) is 1.78. The van der Waals surface area contributed by atoms with E-state index in [1.165, 1.54) is 4.90 Å². The van der Waals surface area contributed by atoms with Crippen molar-refractivity contribution in [2.75, 3.05) is 17.2 Å². The van der Waals surface area contributed by atoms with Crippen molar-refractivity contribution in [3.63, 3.8) is 0 Å². The van der Waals surface area contributed by atoms with Crippen LogP contribution in [0.15, 0.2) is 12.3 Å². The fourth-order valence-corrected chi connectivity index (χ4v) is 1.98. The van der Waals surface area contributed by atoms with Gasteiger partial charge in [-0.2, -0.15) is 25.8 Å². The van der Waals surface area contributed by atoms with Crippen molar-refractivity contribution in [2.24, 2.45) is 5.92 Å². The number of rotatable bonds is 2. The highest BCUT2D eigenvalue weighted by atomic mass is 32.1. The van der Waals surface area contributed by atoms with E-state index in [9.17, 15) is 18.0 Å². The number of nitrogens with zero attached hydrogens (tertiary/aromatic N) is 3. The third kappa shape index (κ3) is 2.58. The van der Waals surface area contributed by atoms with E-state index in [4.69, 9.17) is 0 Å². The highest BCUT2D eigenvalue weighted by Crippen LogP contribution is 2.29. The predicted molar refractivity (Wildman–Crippen MR) is 61.3 cm³/mol. The summed E-state index contributed by atoms with van der Waals surface area (Å²) in [4.78, 5) is 19.9. The summed E-state index contributed by atoms with van der Waals surface area (Å²) >= 11 is 4.08. The van der Waals surface area contributed by atoms with Crippen molar-refractivity contribution < 1.29 is 18.0 Å². The molecular weight excluding hydrogens is 267 g/mol. The number of alkyl halides is 3. The monoisotopic (exact) mass is 277 g/mol. The quantitative estimate of drug-likeness (QED) is 0.838. The molecule has 0 saturated carbocycles. The van der Waals surface area contributed by atoms with Gasteiger partial charge < -0.3 is 0 Å². The van der Waals surface area contributed by atoms with Gasteiger partial charge in [0.2, 0.25) is 11.9 Å². The molecule has 1 amide bonds. The van der Waals surface area contributed by atoms with Gasteiger partial charge in [0.25, 0.3) is 0 Å². The second-order valence-electron chi connectivity index (χ2n) is 4.00. The molecule has 1 aliphatic heterocycles. The van der Waals surface area contributed by atoms with E-state index in [0.29, 0.717) is 12.3 Å². The Balaban J connectivity index is 2.27. The molecule has 8 heteroatoms. The molecule has 0 spiro atoms. The van der Waals surface area contributed by atoms with Crippen molar-refractivity contribution in [1.29, 1.82) is 0 Å². The van der Waals surface area contributed by atoms with E-state index >= 15 is 0 Å². The molecule has 98 valence electrons. The number of thiol groups is 1. The van der Waals surface area contributed by atoms with E-state index in [1.807, 2.05) is 0 Å². The largest absolute Gasteiger partial charge is 0.433 e. The second kappa shape index (κ2) is 4.75. The molecule has 1 aromatic rings. The SMILES string of the molecule is O=C1CC(CS)CN1c1nccc(C(F)(F)F)n1. The first-order valence-corrected chi connectivity index (χ1v) is 5.86. The van der Waals surface area contributed by atoms with E-state index < -0.39 is 11.9 Å². The van der Waals surface area contributed by atoms with Gasteiger partial charge in [-0.15, -0.1) is 0 Å². The molecule has 0 aromatic carbocycles. The summed E-state index contributed by atoms with van der Waals surface area (Å²) in [6, 6.07) is 0.778. The Kier molecular flexibility index (Phi) is 3.47. The van der Waals surface area contributed by atoms with Crippen LogP contribution >= 0.6 is 12.6 Å². The fourth-order valence-electron chi connectivity index (χ4n) is 1.73. The van der Waals surface area contributed by atoms with Gasteiger partial charge in [-0.1, -0.05) is 0 Å². The van der Waals surface area contributed by atoms with Crippen LogP contribution in [0.5, 0.6) is 0 Å². The zero-order valence-electron chi connectivity index (χ0n) is 9.18. The molecule has 18 heavy (non-hydrogen) atoms. The Bertz CT molecular complexity index is 466. The number of halogens is 3. The molecule has 1 aromatic heterocycles. The van der Waals surface area contributed by atoms with E-state index in [0.717, 1.165) is 12.3 Å². The van der Waals surface area contributed by atoms with Crippen molar-refractivity contribution in [3.05, 3.63) is 18.0 Å². The lowest BCUT2D eigenvalue weighted by atomic mass is 10.1. The first-order chi connectivity index (χ1) is 8.41. The van der Waals surface area contributed by atoms with Gasteiger partial charge >= 0.3 is 6.18 Å². The van der Waals surface area contributed by atoms with E-state index in [1.54, 1.807) is 0 Å². The molecule has 0 aliphatic carbocycles. The summed E-state index contributed by atoms with van der Waals surface area (Å²) in [7, 11) is 0. The summed E-state index contributed by atoms with van der Waals surface area (Å²) in [5.74, 6) is 0.0627. The Morgan fingerprint density at radius 2 is 2.22 bits per heavy atom. The van der Waals surface area contributed by atoms with Crippen molar-refractivity contribution >= 4 is 24.5 Å². The van der Waals surface area contributed by atoms with Crippen LogP contribution in [0.3, 0.4) is 0 Å². The molecule has 1 fully saturated rings. The van der Waals surface area contributed by atoms with Crippen molar-refractivity contribution in [2.45, 2.75) is 12.6 Å². The molecule has 1 atom stereocenters. The number of hydrogen-bond donors (Lipinski definition) is 1. The number of carbonyl (C=O) groups is 1. The maximum atomic E-state index is 12.5. The molecule has 1 saturated heterocycles. The maximum Gasteiger partial charge on any atom is 0.433 e. The molecule has 1 unspecified atom stereocenters. The average Bonchev–Trinajstić information content (AvgIpc) is 2.70. The highest BCUT2D eigenvalue weighted by molar-refractivity contribution is 7.80. The number of aromatic nitrogens is 2. The van der Waals surface area contributed by atoms with Crippen LogP contribution in [0.4, 0.5) is 19.1 Å². The summed E-state index contributed by atoms with van der Waals surface area (Å²) in [5, 5.41) is 0. The van der Waals surface area contributed by atoms with Gasteiger partial charge in [-0.05, 0) is 17.7 Å². The van der Waals surface area contributed by atoms with Gasteiger partial charge in [-0.3, -0.25) is 9.69 Å². The highest BCUT2D eigenvalue weighted by Gasteiger charge is 2.35. The normalized spacial score (nSPS) is 20.6. The number of hydrogen-bond acceptors (Lipinski definition) is 4. The smallest absolute Gasteiger partial charge is 0.280 e. The van der Waals surface area contributed by atoms with E-state index in [-0.39, 0.29) is 24.2 Å². The summed E-state index contributed by atoms with van der Waals surface area (Å²) in [6.07, 6.45) is -3.26. The molecule has 0 N–H and O–H groups in total. The van der Waals surface area contributed by atoms with Crippen LogP contribution in [0.2, 0.25) is 0 Å². The van der Waals surface area contributed by atoms with Gasteiger partial charge in [0.1, 0.15) is 5.69 Å². The molecule has 2 rings (SSSR count). The lowest BCUT2D eigenvalue weighted by Crippen LogP contribution is -2.27. The van der Waals surface area contributed by atoms with Crippen LogP contribution in [-0.4, -0.2) is 28.2 Å². The Morgan fingerprint density at radius 1 is 1.50 bits per heavy atom. The van der Waals surface area contributed by atoms with Gasteiger partial charge in [-0.25, -0.2) is 9.97 Å². The van der Waals surface area contributed by atoms with Gasteiger partial charge in [0.15, 0.2) is 0 Å². The number of amides is 1. The second-order valence-corrected chi connectivity index (χ2v) is 4.36. The van der Waals surface area contributed by atoms with Crippen LogP contribution in [0.25, 0.3) is 0 Å². The Morgan fingerprint density at radius 3 is 2.78 bits per heavy atom. The first kappa shape index (κ1) is 13.1. The molecular formula is C10H10F3N3OS. The lowest BCUT2D eigenvalue weighted by Gasteiger charge is -2.15. The third-order valence-electron chi connectivity index (χ3n) is 2.64. The molecule has 4 nitrogen and oxygen atoms in total. The third-order valence-corrected chi connectivity index (χ3v) is 3.15. The van der Waals surface area contributed by atoms with E-state index in [2.05, 4.69) is 22.6 Å². The first-order valence-electron chi connectivity index (χ1n) is 5.23. The standard InChI is InChI=1S/C10H10F3N3OS/c11-10(12,13)7-1-2-14-9(15-7)16-4-6(5-18)3-8(16)17/h1-2,6,18H,3-5H2. The minimum atomic E-state index is -4.54. The average molecular weight is 277 g/mol. The van der Waals surface area contributed by atoms with Crippen LogP contribution in [-0.2, 0) is 11.0 Å². The summed E-state index contributed by atoms with van der Waals surface area (Å²) < 4.78 is 37.5. The maximum absolute atomic E-state index is 12.5. The van der Waals surface area contributed by atoms with Crippen LogP contribution in [0.1, 0.15) is 12.1 Å². The Labute approximate surface area is 107 Å². The minimum Gasteiger partial charge on any atom is -0.280 e. The fraction of sp³-hybridized carbons (Fsp3) is 0.500. The van der Waals surface area contributed by atoms with Gasteiger partial charge in [0, 0.05) is 19.2 Å². The molecule has 1 aliphatic rings. The van der Waals surface area contributed by atoms with Crippen LogP contribution < -0.4 is 4.90 Å². The van der Waals surface area contributed by atoms with Crippen molar-refractivity contribution in [1.82, 2.24) is 9.97 Å². The summed E-state index contributed by atoms with van der Waals surface area (Å²) in [6.45, 7) is 0.309. The van der Waals surface area contributed by atoms with Gasteiger partial charge in [0.05, 0.1) is 0 Å². The topological polar surface area (TPSA) is 46.1 Å². The number of anilines is 1. The molecule has 0 radical (unpaired) electrons. The lowest BCUT2D eigenvalue weighted by molar-refractivity contribution is -0.141. The number of carbonyl (C=O) groups excluding carboxylic acids is 1. The minimum absolute atomic E-state index is 0.0268. The van der Waals surface area contributed by atoms with Crippen LogP contribution in [0, 0.1) is 5.92 Å². The Hall–Kier alpha value is -1.31. The van der Waals surface area contributed by atoms with Crippen molar-refractivity contribution in [3.8, 4) is 0 Å². The molecule has 0 bridgehead atoms. The molecule has 2 heterocycles. The zero-order valence-corrected chi connectivity index (χ0v) is 10.1. The zero-order chi connectivity index (χ0) is 13.3.